The summed E-state index contributed by atoms with van der Waals surface area (Å²) in [5, 5.41) is 18.2. The van der Waals surface area contributed by atoms with Crippen LogP contribution in [0.5, 0.6) is 0 Å². The number of rotatable bonds is 5. The van der Waals surface area contributed by atoms with Crippen LogP contribution in [0.4, 0.5) is 0 Å². The second-order valence-electron chi connectivity index (χ2n) is 8.76. The fourth-order valence-corrected chi connectivity index (χ4v) is 4.85. The molecule has 1 atom stereocenters. The number of fused-ring (bicyclic) bond motifs is 1. The zero-order valence-electron chi connectivity index (χ0n) is 18.4. The zero-order chi connectivity index (χ0) is 22.8. The van der Waals surface area contributed by atoms with Gasteiger partial charge in [-0.1, -0.05) is 36.4 Å². The fraction of sp³-hybridized carbons (Fsp3) is 0.360. The highest BCUT2D eigenvalue weighted by Gasteiger charge is 2.30. The summed E-state index contributed by atoms with van der Waals surface area (Å²) < 4.78 is 2.19. The maximum Gasteiger partial charge on any atom is 0.335 e. The second-order valence-corrected chi connectivity index (χ2v) is 8.76. The molecule has 8 nitrogen and oxygen atoms in total. The maximum atomic E-state index is 13.0. The number of carbonyl (C=O) groups is 2. The van der Waals surface area contributed by atoms with E-state index in [1.807, 2.05) is 6.07 Å². The molecule has 1 amide bonds. The van der Waals surface area contributed by atoms with Gasteiger partial charge in [-0.05, 0) is 36.7 Å². The molecule has 5 rings (SSSR count). The molecule has 33 heavy (non-hydrogen) atoms. The van der Waals surface area contributed by atoms with Gasteiger partial charge in [0.25, 0.3) is 5.91 Å². The molecule has 170 valence electrons. The summed E-state index contributed by atoms with van der Waals surface area (Å²) in [5.74, 6) is 1.09. The number of carbonyl (C=O) groups excluding carboxylic acids is 1. The first kappa shape index (κ1) is 21.3. The van der Waals surface area contributed by atoms with Crippen LogP contribution in [0, 0.1) is 0 Å². The molecule has 0 bridgehead atoms. The molecule has 1 unspecified atom stereocenters. The van der Waals surface area contributed by atoms with Gasteiger partial charge in [-0.2, -0.15) is 0 Å². The van der Waals surface area contributed by atoms with Gasteiger partial charge in [0.05, 0.1) is 5.56 Å². The Bertz CT molecular complexity index is 1160. The molecule has 0 aliphatic carbocycles. The van der Waals surface area contributed by atoms with Gasteiger partial charge in [-0.3, -0.25) is 9.69 Å². The predicted octanol–water partition coefficient (Wildman–Crippen LogP) is 2.66. The van der Waals surface area contributed by atoms with Crippen molar-refractivity contribution in [1.82, 2.24) is 24.6 Å². The third kappa shape index (κ3) is 4.52. The van der Waals surface area contributed by atoms with E-state index in [2.05, 4.69) is 43.9 Å². The predicted molar refractivity (Wildman–Crippen MR) is 122 cm³/mol. The van der Waals surface area contributed by atoms with Crippen LogP contribution in [0.3, 0.4) is 0 Å². The first-order valence-corrected chi connectivity index (χ1v) is 11.4. The third-order valence-electron chi connectivity index (χ3n) is 6.59. The number of benzene rings is 2. The van der Waals surface area contributed by atoms with E-state index < -0.39 is 5.97 Å². The number of carboxylic acids is 1. The summed E-state index contributed by atoms with van der Waals surface area (Å²) >= 11 is 0. The number of carboxylic acid groups (broad SMARTS) is 1. The van der Waals surface area contributed by atoms with Crippen molar-refractivity contribution in [2.75, 3.05) is 26.2 Å². The van der Waals surface area contributed by atoms with Gasteiger partial charge in [-0.15, -0.1) is 10.2 Å². The van der Waals surface area contributed by atoms with Gasteiger partial charge in [0, 0.05) is 50.6 Å². The molecule has 8 heteroatoms. The van der Waals surface area contributed by atoms with E-state index >= 15 is 0 Å². The van der Waals surface area contributed by atoms with E-state index in [-0.39, 0.29) is 11.5 Å². The lowest BCUT2D eigenvalue weighted by Crippen LogP contribution is -2.34. The van der Waals surface area contributed by atoms with E-state index in [4.69, 9.17) is 0 Å². The van der Waals surface area contributed by atoms with E-state index in [9.17, 15) is 14.7 Å². The van der Waals surface area contributed by atoms with Crippen LogP contribution in [0.1, 0.15) is 50.3 Å². The van der Waals surface area contributed by atoms with E-state index in [0.29, 0.717) is 37.5 Å². The topological polar surface area (TPSA) is 91.6 Å². The normalized spacial score (nSPS) is 18.7. The summed E-state index contributed by atoms with van der Waals surface area (Å²) in [7, 11) is 0. The SMILES string of the molecule is O=C(O)c1cccc(C(=O)N2CCc3nnc(C4CCN(Cc5ccccc5)C4)n3CC2)c1. The molecule has 1 fully saturated rings. The van der Waals surface area contributed by atoms with Crippen LogP contribution in [0.25, 0.3) is 0 Å². The lowest BCUT2D eigenvalue weighted by Gasteiger charge is -2.21. The fourth-order valence-electron chi connectivity index (χ4n) is 4.85. The third-order valence-corrected chi connectivity index (χ3v) is 6.59. The number of hydrogen-bond acceptors (Lipinski definition) is 5. The summed E-state index contributed by atoms with van der Waals surface area (Å²) in [6.07, 6.45) is 1.69. The molecule has 3 aromatic rings. The minimum Gasteiger partial charge on any atom is -0.478 e. The van der Waals surface area contributed by atoms with Crippen LogP contribution in [0.15, 0.2) is 54.6 Å². The molecule has 1 aromatic heterocycles. The summed E-state index contributed by atoms with van der Waals surface area (Å²) in [5.41, 5.74) is 1.84. The van der Waals surface area contributed by atoms with Crippen molar-refractivity contribution in [2.24, 2.45) is 0 Å². The molecular formula is C25H27N5O3. The number of likely N-dealkylation sites (tertiary alicyclic amines) is 1. The van der Waals surface area contributed by atoms with Crippen molar-refractivity contribution in [1.29, 1.82) is 0 Å². The number of nitrogens with zero attached hydrogens (tertiary/aromatic N) is 5. The number of aromatic carboxylic acids is 1. The van der Waals surface area contributed by atoms with Gasteiger partial charge < -0.3 is 14.6 Å². The molecule has 0 radical (unpaired) electrons. The van der Waals surface area contributed by atoms with Crippen LogP contribution < -0.4 is 0 Å². The summed E-state index contributed by atoms with van der Waals surface area (Å²) in [6, 6.07) is 16.7. The van der Waals surface area contributed by atoms with Crippen molar-refractivity contribution >= 4 is 11.9 Å². The lowest BCUT2D eigenvalue weighted by atomic mass is 10.1. The Morgan fingerprint density at radius 3 is 2.58 bits per heavy atom. The second kappa shape index (κ2) is 9.15. The highest BCUT2D eigenvalue weighted by Crippen LogP contribution is 2.28. The minimum atomic E-state index is -1.03. The zero-order valence-corrected chi connectivity index (χ0v) is 18.4. The highest BCUT2D eigenvalue weighted by molar-refractivity contribution is 5.97. The van der Waals surface area contributed by atoms with Crippen LogP contribution in [-0.4, -0.2) is 67.7 Å². The highest BCUT2D eigenvalue weighted by atomic mass is 16.4. The standard InChI is InChI=1S/C25H27N5O3/c31-24(19-7-4-8-20(15-19)25(32)33)29-12-10-22-26-27-23(30(22)14-13-29)21-9-11-28(17-21)16-18-5-2-1-3-6-18/h1-8,15,21H,9-14,16-17H2,(H,32,33). The van der Waals surface area contributed by atoms with Crippen molar-refractivity contribution in [3.8, 4) is 0 Å². The molecule has 3 heterocycles. The largest absolute Gasteiger partial charge is 0.478 e. The number of amides is 1. The average molecular weight is 446 g/mol. The number of aromatic nitrogens is 3. The maximum absolute atomic E-state index is 13.0. The first-order valence-electron chi connectivity index (χ1n) is 11.4. The van der Waals surface area contributed by atoms with Gasteiger partial charge in [0.1, 0.15) is 11.6 Å². The minimum absolute atomic E-state index is 0.122. The molecule has 2 aromatic carbocycles. The van der Waals surface area contributed by atoms with Gasteiger partial charge in [0.2, 0.25) is 0 Å². The Labute approximate surface area is 192 Å². The average Bonchev–Trinajstić information content (AvgIpc) is 3.40. The molecule has 1 N–H and O–H groups in total. The summed E-state index contributed by atoms with van der Waals surface area (Å²) in [4.78, 5) is 28.6. The molecule has 2 aliphatic heterocycles. The quantitative estimate of drug-likeness (QED) is 0.649. The van der Waals surface area contributed by atoms with Crippen molar-refractivity contribution in [3.05, 3.63) is 82.9 Å². The van der Waals surface area contributed by atoms with Crippen LogP contribution >= 0.6 is 0 Å². The first-order chi connectivity index (χ1) is 16.1. The van der Waals surface area contributed by atoms with Crippen LogP contribution in [-0.2, 0) is 19.5 Å². The molecule has 1 saturated heterocycles. The summed E-state index contributed by atoms with van der Waals surface area (Å²) in [6.45, 7) is 4.67. The van der Waals surface area contributed by atoms with E-state index in [0.717, 1.165) is 37.7 Å². The van der Waals surface area contributed by atoms with Crippen molar-refractivity contribution < 1.29 is 14.7 Å². The molecule has 2 aliphatic rings. The van der Waals surface area contributed by atoms with Gasteiger partial charge >= 0.3 is 5.97 Å². The van der Waals surface area contributed by atoms with Crippen molar-refractivity contribution in [3.63, 3.8) is 0 Å². The van der Waals surface area contributed by atoms with E-state index in [1.54, 1.807) is 17.0 Å². The monoisotopic (exact) mass is 445 g/mol. The Morgan fingerprint density at radius 1 is 0.939 bits per heavy atom. The van der Waals surface area contributed by atoms with Gasteiger partial charge in [-0.25, -0.2) is 4.79 Å². The Kier molecular flexibility index (Phi) is 5.92. The van der Waals surface area contributed by atoms with Crippen molar-refractivity contribution in [2.45, 2.75) is 31.8 Å². The molecule has 0 saturated carbocycles. The Balaban J connectivity index is 1.25. The Hall–Kier alpha value is -3.52. The van der Waals surface area contributed by atoms with E-state index in [1.165, 1.54) is 17.7 Å². The molecule has 0 spiro atoms. The van der Waals surface area contributed by atoms with Gasteiger partial charge in [0.15, 0.2) is 0 Å². The van der Waals surface area contributed by atoms with Crippen LogP contribution in [0.2, 0.25) is 0 Å². The Morgan fingerprint density at radius 2 is 1.76 bits per heavy atom. The molecular weight excluding hydrogens is 418 g/mol. The smallest absolute Gasteiger partial charge is 0.335 e. The lowest BCUT2D eigenvalue weighted by molar-refractivity contribution is 0.0697. The number of hydrogen-bond donors (Lipinski definition) is 1.